The number of likely N-dealkylation sites (N-methyl/N-ethyl adjacent to an activating group) is 1. The maximum absolute atomic E-state index is 11.0. The predicted molar refractivity (Wildman–Crippen MR) is 109 cm³/mol. The van der Waals surface area contributed by atoms with Crippen LogP contribution in [0.4, 0.5) is 5.69 Å². The van der Waals surface area contributed by atoms with Crippen LogP contribution in [0, 0.1) is 0 Å². The highest BCUT2D eigenvalue weighted by atomic mass is 35.5. The molecule has 1 aliphatic carbocycles. The molecule has 2 aliphatic rings. The molecule has 144 valence electrons. The van der Waals surface area contributed by atoms with E-state index in [2.05, 4.69) is 30.2 Å². The fourth-order valence-electron chi connectivity index (χ4n) is 3.26. The zero-order valence-electron chi connectivity index (χ0n) is 15.4. The van der Waals surface area contributed by atoms with Gasteiger partial charge < -0.3 is 9.48 Å². The molecule has 1 N–H and O–H groups in total. The van der Waals surface area contributed by atoms with Crippen molar-refractivity contribution < 1.29 is 17.5 Å². The lowest BCUT2D eigenvalue weighted by molar-refractivity contribution is -0.466. The maximum Gasteiger partial charge on any atom is 0.265 e. The molecule has 5 nitrogen and oxygen atoms in total. The lowest BCUT2D eigenvalue weighted by Crippen LogP contribution is -2.17. The second-order valence-corrected chi connectivity index (χ2v) is 8.90. The van der Waals surface area contributed by atoms with Gasteiger partial charge in [0.05, 0.1) is 5.75 Å². The summed E-state index contributed by atoms with van der Waals surface area (Å²) in [6.07, 6.45) is 11.4. The van der Waals surface area contributed by atoms with E-state index in [1.165, 1.54) is 11.1 Å². The summed E-state index contributed by atoms with van der Waals surface area (Å²) in [6, 6.07) is 5.88. The summed E-state index contributed by atoms with van der Waals surface area (Å²) in [5, 5.41) is 0.707. The zero-order valence-corrected chi connectivity index (χ0v) is 17.0. The minimum absolute atomic E-state index is 0.262. The zero-order chi connectivity index (χ0) is 19.6. The molecule has 0 aromatic heterocycles. The average molecular weight is 407 g/mol. The molecule has 0 unspecified atom stereocenters. The number of allylic oxidation sites excluding steroid dienone is 5. The number of halogens is 1. The molecule has 3 rings (SSSR count). The molecule has 1 aliphatic heterocycles. The Kier molecular flexibility index (Phi) is 5.89. The van der Waals surface area contributed by atoms with Gasteiger partial charge in [-0.2, -0.15) is 8.42 Å². The van der Waals surface area contributed by atoms with Gasteiger partial charge in [0.2, 0.25) is 0 Å². The van der Waals surface area contributed by atoms with Gasteiger partial charge in [-0.3, -0.25) is 4.55 Å². The molecule has 0 amide bonds. The SMILES string of the molecule is CC1=CC([N+](=[C-]C=C2Cc3ccc(Cl)cc3N2C)CCCS(=O)(=O)O)=CC1. The van der Waals surface area contributed by atoms with Crippen LogP contribution in [0.15, 0.2) is 53.4 Å². The normalized spacial score (nSPS) is 18.7. The van der Waals surface area contributed by atoms with Crippen molar-refractivity contribution in [3.8, 4) is 0 Å². The Morgan fingerprint density at radius 2 is 2.19 bits per heavy atom. The average Bonchev–Trinajstić information content (AvgIpc) is 3.14. The molecular formula is C20H23ClN2O3S. The Morgan fingerprint density at radius 1 is 1.41 bits per heavy atom. The number of nitrogens with zero attached hydrogens (tertiary/aromatic N) is 2. The quantitative estimate of drug-likeness (QED) is 0.339. The highest BCUT2D eigenvalue weighted by molar-refractivity contribution is 7.85. The third kappa shape index (κ3) is 5.09. The van der Waals surface area contributed by atoms with Crippen molar-refractivity contribution in [1.29, 1.82) is 0 Å². The van der Waals surface area contributed by atoms with Crippen LogP contribution in [-0.4, -0.2) is 43.1 Å². The van der Waals surface area contributed by atoms with Crippen molar-refractivity contribution in [2.75, 3.05) is 24.2 Å². The van der Waals surface area contributed by atoms with Crippen LogP contribution in [0.1, 0.15) is 25.3 Å². The molecule has 0 bridgehead atoms. The van der Waals surface area contributed by atoms with E-state index in [0.717, 1.165) is 29.9 Å². The second-order valence-electron chi connectivity index (χ2n) is 6.89. The first-order valence-electron chi connectivity index (χ1n) is 8.80. The number of hydrogen-bond acceptors (Lipinski definition) is 3. The van der Waals surface area contributed by atoms with E-state index < -0.39 is 10.1 Å². The van der Waals surface area contributed by atoms with Crippen LogP contribution >= 0.6 is 11.6 Å². The molecule has 1 aromatic carbocycles. The van der Waals surface area contributed by atoms with Crippen molar-refractivity contribution >= 4 is 33.6 Å². The van der Waals surface area contributed by atoms with Crippen molar-refractivity contribution in [3.63, 3.8) is 0 Å². The summed E-state index contributed by atoms with van der Waals surface area (Å²) in [6.45, 7) is 2.52. The minimum atomic E-state index is -3.96. The number of hydrogen-bond donors (Lipinski definition) is 1. The van der Waals surface area contributed by atoms with Crippen molar-refractivity contribution in [3.05, 3.63) is 64.0 Å². The van der Waals surface area contributed by atoms with Crippen molar-refractivity contribution in [2.24, 2.45) is 0 Å². The largest absolute Gasteiger partial charge is 0.400 e. The van der Waals surface area contributed by atoms with Gasteiger partial charge in [0.1, 0.15) is 18.5 Å². The molecule has 7 heteroatoms. The molecule has 0 radical (unpaired) electrons. The predicted octanol–water partition coefficient (Wildman–Crippen LogP) is 3.69. The molecule has 27 heavy (non-hydrogen) atoms. The molecule has 0 spiro atoms. The van der Waals surface area contributed by atoms with Crippen LogP contribution in [0.2, 0.25) is 5.02 Å². The molecule has 0 fully saturated rings. The molecule has 0 atom stereocenters. The van der Waals surface area contributed by atoms with Crippen molar-refractivity contribution in [2.45, 2.75) is 26.2 Å². The first kappa shape index (κ1) is 19.9. The topological polar surface area (TPSA) is 60.6 Å². The fourth-order valence-corrected chi connectivity index (χ4v) is 3.92. The van der Waals surface area contributed by atoms with Gasteiger partial charge in [-0.25, -0.2) is 0 Å². The van der Waals surface area contributed by atoms with Crippen LogP contribution in [0.3, 0.4) is 0 Å². The molecule has 0 saturated heterocycles. The lowest BCUT2D eigenvalue weighted by atomic mass is 10.1. The van der Waals surface area contributed by atoms with Crippen LogP contribution in [0.5, 0.6) is 0 Å². The van der Waals surface area contributed by atoms with E-state index in [1.54, 1.807) is 0 Å². The van der Waals surface area contributed by atoms with Crippen molar-refractivity contribution in [1.82, 2.24) is 0 Å². The second kappa shape index (κ2) is 8.00. The van der Waals surface area contributed by atoms with Gasteiger partial charge in [0.25, 0.3) is 10.1 Å². The van der Waals surface area contributed by atoms with Gasteiger partial charge in [0.15, 0.2) is 0 Å². The standard InChI is InChI=1S/C20H23ClN2O3S/c1-15-4-7-19(12-15)23(9-3-11-27(24,25)26)10-8-18-13-16-5-6-17(21)14-20(16)22(18)2/h5-8,12,14H,3-4,9,11,13H2,1-2H3,(H,24,25,26). The third-order valence-corrected chi connectivity index (χ3v) is 5.76. The van der Waals surface area contributed by atoms with E-state index in [-0.39, 0.29) is 5.75 Å². The number of anilines is 1. The smallest absolute Gasteiger partial charge is 0.265 e. The van der Waals surface area contributed by atoms with Gasteiger partial charge in [-0.05, 0) is 50.6 Å². The number of benzene rings is 1. The van der Waals surface area contributed by atoms with Crippen LogP contribution < -0.4 is 4.90 Å². The molecule has 0 saturated carbocycles. The van der Waals surface area contributed by atoms with Gasteiger partial charge in [0, 0.05) is 17.1 Å². The summed E-state index contributed by atoms with van der Waals surface area (Å²) in [5.41, 5.74) is 5.64. The Bertz CT molecular complexity index is 975. The highest BCUT2D eigenvalue weighted by Crippen LogP contribution is 2.34. The first-order valence-corrected chi connectivity index (χ1v) is 10.8. The Morgan fingerprint density at radius 3 is 2.85 bits per heavy atom. The summed E-state index contributed by atoms with van der Waals surface area (Å²) in [7, 11) is -1.96. The number of rotatable bonds is 6. The van der Waals surface area contributed by atoms with E-state index >= 15 is 0 Å². The number of fused-ring (bicyclic) bond motifs is 1. The lowest BCUT2D eigenvalue weighted by Gasteiger charge is -2.19. The Labute approximate surface area is 165 Å². The van der Waals surface area contributed by atoms with E-state index in [1.807, 2.05) is 35.9 Å². The van der Waals surface area contributed by atoms with E-state index in [4.69, 9.17) is 16.2 Å². The monoisotopic (exact) mass is 406 g/mol. The van der Waals surface area contributed by atoms with Gasteiger partial charge in [-0.1, -0.05) is 41.1 Å². The highest BCUT2D eigenvalue weighted by Gasteiger charge is 2.17. The first-order chi connectivity index (χ1) is 12.7. The summed E-state index contributed by atoms with van der Waals surface area (Å²) >= 11 is 6.10. The molecule has 1 heterocycles. The fraction of sp³-hybridized carbons (Fsp3) is 0.350. The Balaban J connectivity index is 1.82. The summed E-state index contributed by atoms with van der Waals surface area (Å²) in [4.78, 5) is 2.09. The maximum atomic E-state index is 11.0. The van der Waals surface area contributed by atoms with E-state index in [9.17, 15) is 8.42 Å². The third-order valence-electron chi connectivity index (χ3n) is 4.72. The van der Waals surface area contributed by atoms with Crippen LogP contribution in [-0.2, 0) is 16.5 Å². The molecule has 1 aromatic rings. The molecular weight excluding hydrogens is 384 g/mol. The van der Waals surface area contributed by atoms with Gasteiger partial charge >= 0.3 is 0 Å². The minimum Gasteiger partial charge on any atom is -0.400 e. The summed E-state index contributed by atoms with van der Waals surface area (Å²) < 4.78 is 32.9. The Hall–Kier alpha value is -1.89. The van der Waals surface area contributed by atoms with E-state index in [0.29, 0.717) is 18.0 Å². The summed E-state index contributed by atoms with van der Waals surface area (Å²) in [5.74, 6) is -0.262. The van der Waals surface area contributed by atoms with Gasteiger partial charge in [-0.15, -0.1) is 0 Å². The van der Waals surface area contributed by atoms with Crippen LogP contribution in [0.25, 0.3) is 0 Å².